The molecule has 0 aliphatic carbocycles. The highest BCUT2D eigenvalue weighted by atomic mass is 16.5. The monoisotopic (exact) mass is 439 g/mol. The minimum atomic E-state index is -0.333. The van der Waals surface area contributed by atoms with Gasteiger partial charge < -0.3 is 14.6 Å². The molecular formula is C24H33N5O3. The smallest absolute Gasteiger partial charge is 0.267 e. The predicted molar refractivity (Wildman–Crippen MR) is 125 cm³/mol. The lowest BCUT2D eigenvalue weighted by atomic mass is 10.1. The topological polar surface area (TPSA) is 101 Å². The van der Waals surface area contributed by atoms with Crippen molar-refractivity contribution >= 4 is 22.6 Å². The Morgan fingerprint density at radius 1 is 1.19 bits per heavy atom. The summed E-state index contributed by atoms with van der Waals surface area (Å²) in [5.74, 6) is -0.333. The number of nitrogens with zero attached hydrogens (tertiary/aromatic N) is 3. The number of rotatable bonds is 11. The van der Waals surface area contributed by atoms with Gasteiger partial charge in [-0.15, -0.1) is 0 Å². The Balaban J connectivity index is 2.08. The maximum Gasteiger partial charge on any atom is 0.267 e. The van der Waals surface area contributed by atoms with Crippen LogP contribution in [0.5, 0.6) is 0 Å². The maximum absolute atomic E-state index is 13.3. The van der Waals surface area contributed by atoms with Gasteiger partial charge in [-0.25, -0.2) is 4.98 Å². The molecule has 0 spiro atoms. The van der Waals surface area contributed by atoms with Crippen LogP contribution >= 0.6 is 0 Å². The Kier molecular flexibility index (Phi) is 8.16. The van der Waals surface area contributed by atoms with Gasteiger partial charge in [-0.2, -0.15) is 0 Å². The van der Waals surface area contributed by atoms with Crippen molar-refractivity contribution in [3.63, 3.8) is 0 Å². The Hall–Kier alpha value is -3.00. The second kappa shape index (κ2) is 11.0. The van der Waals surface area contributed by atoms with Crippen molar-refractivity contribution in [2.24, 2.45) is 0 Å². The molecule has 0 bridgehead atoms. The van der Waals surface area contributed by atoms with Gasteiger partial charge in [0.25, 0.3) is 11.5 Å². The van der Waals surface area contributed by atoms with E-state index in [1.165, 1.54) is 10.5 Å². The maximum atomic E-state index is 13.3. The van der Waals surface area contributed by atoms with E-state index in [1.807, 2.05) is 19.9 Å². The molecule has 0 atom stereocenters. The third-order valence-corrected chi connectivity index (χ3v) is 5.57. The van der Waals surface area contributed by atoms with Gasteiger partial charge in [0.2, 0.25) is 0 Å². The molecular weight excluding hydrogens is 406 g/mol. The van der Waals surface area contributed by atoms with Gasteiger partial charge in [0.1, 0.15) is 16.8 Å². The van der Waals surface area contributed by atoms with E-state index in [-0.39, 0.29) is 22.5 Å². The predicted octanol–water partition coefficient (Wildman–Crippen LogP) is 3.17. The van der Waals surface area contributed by atoms with E-state index in [9.17, 15) is 9.59 Å². The van der Waals surface area contributed by atoms with Crippen LogP contribution in [0.4, 0.5) is 0 Å². The zero-order valence-corrected chi connectivity index (χ0v) is 19.2. The molecule has 1 amide bonds. The molecule has 3 heterocycles. The fraction of sp³-hybridized carbons (Fsp3) is 0.500. The van der Waals surface area contributed by atoms with Gasteiger partial charge in [-0.1, -0.05) is 32.3 Å². The first-order valence-corrected chi connectivity index (χ1v) is 11.5. The van der Waals surface area contributed by atoms with Crippen molar-refractivity contribution in [2.75, 3.05) is 19.8 Å². The zero-order valence-electron chi connectivity index (χ0n) is 19.2. The normalized spacial score (nSPS) is 11.3. The molecule has 0 saturated carbocycles. The van der Waals surface area contributed by atoms with Gasteiger partial charge >= 0.3 is 0 Å². The van der Waals surface area contributed by atoms with Crippen molar-refractivity contribution < 1.29 is 9.53 Å². The van der Waals surface area contributed by atoms with Gasteiger partial charge in [-0.05, 0) is 44.4 Å². The van der Waals surface area contributed by atoms with Crippen LogP contribution < -0.4 is 16.4 Å². The summed E-state index contributed by atoms with van der Waals surface area (Å²) in [6.07, 6.45) is 6.53. The molecule has 8 nitrogen and oxygen atoms in total. The number of ether oxygens (including phenoxy) is 1. The molecule has 2 N–H and O–H groups in total. The number of fused-ring (bicyclic) bond motifs is 2. The summed E-state index contributed by atoms with van der Waals surface area (Å²) >= 11 is 0. The molecule has 8 heteroatoms. The van der Waals surface area contributed by atoms with Crippen LogP contribution in [0.1, 0.15) is 61.9 Å². The minimum Gasteiger partial charge on any atom is -0.382 e. The number of carbonyl (C=O) groups is 1. The van der Waals surface area contributed by atoms with E-state index in [2.05, 4.69) is 12.2 Å². The SMILES string of the molecule is CCCCCCNC(=O)c1cc2c(=O)n3cccc(C)c3nc2n(CCCOCC)c1=N. The highest BCUT2D eigenvalue weighted by molar-refractivity contribution is 5.96. The third-order valence-electron chi connectivity index (χ3n) is 5.57. The van der Waals surface area contributed by atoms with Gasteiger partial charge in [0.15, 0.2) is 0 Å². The second-order valence-electron chi connectivity index (χ2n) is 7.96. The highest BCUT2D eigenvalue weighted by Gasteiger charge is 2.17. The van der Waals surface area contributed by atoms with Crippen molar-refractivity contribution in [3.05, 3.63) is 51.4 Å². The van der Waals surface area contributed by atoms with Crippen LogP contribution in [-0.4, -0.2) is 39.6 Å². The third kappa shape index (κ3) is 5.07. The van der Waals surface area contributed by atoms with Gasteiger partial charge in [0, 0.05) is 32.5 Å². The number of nitrogens with one attached hydrogen (secondary N) is 2. The number of amides is 1. The minimum absolute atomic E-state index is 0.0601. The lowest BCUT2D eigenvalue weighted by Gasteiger charge is -2.15. The molecule has 3 aromatic rings. The first-order valence-electron chi connectivity index (χ1n) is 11.5. The standard InChI is InChI=1S/C24H33N5O3/c1-4-6-7-8-12-26-23(30)18-16-19-22(28(20(18)25)14-10-15-32-5-2)27-21-17(3)11-9-13-29(21)24(19)31/h9,11,13,16,25H,4-8,10,12,14-15H2,1-3H3,(H,26,30). The summed E-state index contributed by atoms with van der Waals surface area (Å²) in [6, 6.07) is 5.22. The summed E-state index contributed by atoms with van der Waals surface area (Å²) in [4.78, 5) is 30.9. The molecule has 0 unspecified atom stereocenters. The molecule has 0 aromatic carbocycles. The van der Waals surface area contributed by atoms with Crippen molar-refractivity contribution in [1.82, 2.24) is 19.3 Å². The van der Waals surface area contributed by atoms with Crippen LogP contribution in [0.2, 0.25) is 0 Å². The Bertz CT molecular complexity index is 1210. The quantitative estimate of drug-likeness (QED) is 0.354. The van der Waals surface area contributed by atoms with Crippen LogP contribution in [-0.2, 0) is 11.3 Å². The molecule has 3 aromatic heterocycles. The summed E-state index contributed by atoms with van der Waals surface area (Å²) in [5.41, 5.74) is 1.85. The number of hydrogen-bond donors (Lipinski definition) is 2. The first kappa shape index (κ1) is 23.7. The largest absolute Gasteiger partial charge is 0.382 e. The van der Waals surface area contributed by atoms with Crippen molar-refractivity contribution in [1.29, 1.82) is 5.41 Å². The fourth-order valence-electron chi connectivity index (χ4n) is 3.81. The van der Waals surface area contributed by atoms with Gasteiger partial charge in [0.05, 0.1) is 10.9 Å². The first-order chi connectivity index (χ1) is 15.5. The van der Waals surface area contributed by atoms with E-state index < -0.39 is 0 Å². The van der Waals surface area contributed by atoms with Crippen LogP contribution in [0, 0.1) is 12.3 Å². The van der Waals surface area contributed by atoms with E-state index >= 15 is 0 Å². The summed E-state index contributed by atoms with van der Waals surface area (Å²) in [5, 5.41) is 12.0. The van der Waals surface area contributed by atoms with Crippen molar-refractivity contribution in [2.45, 2.75) is 59.4 Å². The Morgan fingerprint density at radius 2 is 2.00 bits per heavy atom. The van der Waals surface area contributed by atoms with E-state index in [0.29, 0.717) is 49.4 Å². The number of carbonyl (C=O) groups excluding carboxylic acids is 1. The molecule has 0 saturated heterocycles. The summed E-state index contributed by atoms with van der Waals surface area (Å²) < 4.78 is 8.60. The average Bonchev–Trinajstić information content (AvgIpc) is 2.78. The summed E-state index contributed by atoms with van der Waals surface area (Å²) in [7, 11) is 0. The van der Waals surface area contributed by atoms with E-state index in [1.54, 1.807) is 16.8 Å². The van der Waals surface area contributed by atoms with Crippen LogP contribution in [0.25, 0.3) is 16.7 Å². The van der Waals surface area contributed by atoms with Gasteiger partial charge in [-0.3, -0.25) is 19.4 Å². The molecule has 172 valence electrons. The van der Waals surface area contributed by atoms with E-state index in [0.717, 1.165) is 31.2 Å². The molecule has 0 aliphatic heterocycles. The molecule has 0 fully saturated rings. The Labute approximate surface area is 187 Å². The lowest BCUT2D eigenvalue weighted by Crippen LogP contribution is -2.35. The molecule has 3 rings (SSSR count). The average molecular weight is 440 g/mol. The van der Waals surface area contributed by atoms with Crippen molar-refractivity contribution in [3.8, 4) is 0 Å². The van der Waals surface area contributed by atoms with E-state index in [4.69, 9.17) is 15.1 Å². The number of aryl methyl sites for hydroxylation is 2. The fourth-order valence-corrected chi connectivity index (χ4v) is 3.81. The number of unbranched alkanes of at least 4 members (excludes halogenated alkanes) is 3. The molecule has 0 aliphatic rings. The number of pyridine rings is 2. The number of hydrogen-bond acceptors (Lipinski definition) is 5. The summed E-state index contributed by atoms with van der Waals surface area (Å²) in [6.45, 7) is 8.10. The molecule has 32 heavy (non-hydrogen) atoms. The number of aromatic nitrogens is 3. The van der Waals surface area contributed by atoms with Crippen LogP contribution in [0.3, 0.4) is 0 Å². The molecule has 0 radical (unpaired) electrons. The second-order valence-corrected chi connectivity index (χ2v) is 7.96. The van der Waals surface area contributed by atoms with Crippen LogP contribution in [0.15, 0.2) is 29.2 Å². The zero-order chi connectivity index (χ0) is 23.1. The lowest BCUT2D eigenvalue weighted by molar-refractivity contribution is 0.0950. The Morgan fingerprint density at radius 3 is 2.75 bits per heavy atom. The highest BCUT2D eigenvalue weighted by Crippen LogP contribution is 2.13.